The molecule has 0 aliphatic heterocycles. The van der Waals surface area contributed by atoms with E-state index in [1.165, 1.54) is 5.57 Å². The Morgan fingerprint density at radius 2 is 2.08 bits per heavy atom. The molecule has 6 atom stereocenters. The molecule has 0 aromatic carbocycles. The zero-order valence-electron chi connectivity index (χ0n) is 16.3. The minimum atomic E-state index is -0.722. The molecule has 0 spiro atoms. The molecule has 0 bridgehead atoms. The molecule has 148 valence electrons. The maximum atomic E-state index is 10.7. The van der Waals surface area contributed by atoms with Gasteiger partial charge in [0, 0.05) is 12.3 Å². The molecule has 0 saturated heterocycles. The predicted octanol–water partition coefficient (Wildman–Crippen LogP) is 4.32. The van der Waals surface area contributed by atoms with Gasteiger partial charge in [0.1, 0.15) is 0 Å². The van der Waals surface area contributed by atoms with E-state index in [1.807, 2.05) is 12.2 Å². The Hall–Kier alpha value is -1.13. The number of hydrogen-bond acceptors (Lipinski definition) is 3. The summed E-state index contributed by atoms with van der Waals surface area (Å²) in [5.41, 5.74) is 1.43. The summed E-state index contributed by atoms with van der Waals surface area (Å²) in [5.74, 6) is 0.654. The number of hydrogen-bond donors (Lipinski definition) is 3. The molecule has 2 rings (SSSR count). The fourth-order valence-electron chi connectivity index (χ4n) is 4.60. The molecule has 3 N–H and O–H groups in total. The highest BCUT2D eigenvalue weighted by molar-refractivity contribution is 5.66. The van der Waals surface area contributed by atoms with Crippen LogP contribution in [-0.2, 0) is 4.79 Å². The van der Waals surface area contributed by atoms with Crippen molar-refractivity contribution in [3.63, 3.8) is 0 Å². The van der Waals surface area contributed by atoms with E-state index in [-0.39, 0.29) is 18.4 Å². The standard InChI is InChI=1S/C22H36O4/c1-3-4-5-8-18(23)10-11-19-20-13-16(12-17(20)14-21(19)24)15(2)7-6-9-22(25)26/h10-11,13,15,17-21,23-24H,3-9,12,14H2,1-2H3,(H,25,26)/b11-10+/t15?,17?,18?,19-,20?,21-/m1/s1. The Balaban J connectivity index is 1.89. The van der Waals surface area contributed by atoms with Gasteiger partial charge < -0.3 is 15.3 Å². The second kappa shape index (κ2) is 10.3. The molecule has 4 nitrogen and oxygen atoms in total. The minimum Gasteiger partial charge on any atom is -0.481 e. The Morgan fingerprint density at radius 3 is 2.77 bits per heavy atom. The van der Waals surface area contributed by atoms with Gasteiger partial charge in [0.05, 0.1) is 12.2 Å². The van der Waals surface area contributed by atoms with Crippen molar-refractivity contribution in [2.24, 2.45) is 23.7 Å². The van der Waals surface area contributed by atoms with Crippen LogP contribution in [0.1, 0.15) is 71.6 Å². The Bertz CT molecular complexity index is 510. The van der Waals surface area contributed by atoms with Crippen LogP contribution in [0.5, 0.6) is 0 Å². The molecule has 0 aromatic heterocycles. The van der Waals surface area contributed by atoms with Crippen molar-refractivity contribution in [1.82, 2.24) is 0 Å². The van der Waals surface area contributed by atoms with E-state index in [0.29, 0.717) is 17.8 Å². The number of aliphatic hydroxyl groups is 2. The van der Waals surface area contributed by atoms with E-state index in [4.69, 9.17) is 5.11 Å². The molecule has 0 radical (unpaired) electrons. The minimum absolute atomic E-state index is 0.101. The van der Waals surface area contributed by atoms with Crippen LogP contribution in [-0.4, -0.2) is 33.5 Å². The van der Waals surface area contributed by atoms with Crippen molar-refractivity contribution in [2.45, 2.75) is 83.8 Å². The molecule has 4 heteroatoms. The number of carboxylic acid groups (broad SMARTS) is 1. The first-order valence-corrected chi connectivity index (χ1v) is 10.4. The molecule has 0 amide bonds. The van der Waals surface area contributed by atoms with Gasteiger partial charge in [0.2, 0.25) is 0 Å². The molecule has 1 fully saturated rings. The first-order chi connectivity index (χ1) is 12.4. The molecule has 4 unspecified atom stereocenters. The molecular formula is C22H36O4. The molecule has 0 aromatic rings. The van der Waals surface area contributed by atoms with E-state index < -0.39 is 12.1 Å². The van der Waals surface area contributed by atoms with E-state index in [2.05, 4.69) is 19.9 Å². The third-order valence-electron chi connectivity index (χ3n) is 6.20. The van der Waals surface area contributed by atoms with Gasteiger partial charge >= 0.3 is 5.97 Å². The van der Waals surface area contributed by atoms with E-state index in [9.17, 15) is 15.0 Å². The number of unbranched alkanes of at least 4 members (excludes halogenated alkanes) is 2. The number of fused-ring (bicyclic) bond motifs is 1. The second-order valence-corrected chi connectivity index (χ2v) is 8.30. The van der Waals surface area contributed by atoms with Gasteiger partial charge in [-0.2, -0.15) is 0 Å². The molecule has 0 heterocycles. The van der Waals surface area contributed by atoms with Crippen molar-refractivity contribution in [1.29, 1.82) is 0 Å². The third-order valence-corrected chi connectivity index (χ3v) is 6.20. The Morgan fingerprint density at radius 1 is 1.31 bits per heavy atom. The topological polar surface area (TPSA) is 77.8 Å². The van der Waals surface area contributed by atoms with Crippen molar-refractivity contribution < 1.29 is 20.1 Å². The maximum Gasteiger partial charge on any atom is 0.303 e. The van der Waals surface area contributed by atoms with Crippen molar-refractivity contribution in [3.05, 3.63) is 23.8 Å². The van der Waals surface area contributed by atoms with Gasteiger partial charge in [0.15, 0.2) is 0 Å². The number of aliphatic hydroxyl groups excluding tert-OH is 2. The van der Waals surface area contributed by atoms with Crippen molar-refractivity contribution >= 4 is 5.97 Å². The number of rotatable bonds is 11. The summed E-state index contributed by atoms with van der Waals surface area (Å²) in [6.45, 7) is 4.34. The maximum absolute atomic E-state index is 10.7. The lowest BCUT2D eigenvalue weighted by Gasteiger charge is -2.17. The van der Waals surface area contributed by atoms with Crippen LogP contribution < -0.4 is 0 Å². The SMILES string of the molecule is CCCCCC(O)/C=C/[C@@H]1C2C=C(C(C)CCCC(=O)O)CC2C[C@H]1O. The van der Waals surface area contributed by atoms with Crippen LogP contribution in [0.15, 0.2) is 23.8 Å². The van der Waals surface area contributed by atoms with Crippen LogP contribution in [0.3, 0.4) is 0 Å². The summed E-state index contributed by atoms with van der Waals surface area (Å²) >= 11 is 0. The fourth-order valence-corrected chi connectivity index (χ4v) is 4.60. The van der Waals surface area contributed by atoms with Gasteiger partial charge in [-0.25, -0.2) is 0 Å². The quantitative estimate of drug-likeness (QED) is 0.377. The van der Waals surface area contributed by atoms with Crippen LogP contribution in [0.2, 0.25) is 0 Å². The molecule has 2 aliphatic rings. The number of carboxylic acids is 1. The summed E-state index contributed by atoms with van der Waals surface area (Å²) in [6, 6.07) is 0. The molecule has 26 heavy (non-hydrogen) atoms. The van der Waals surface area contributed by atoms with Crippen molar-refractivity contribution in [2.75, 3.05) is 0 Å². The van der Waals surface area contributed by atoms with Crippen LogP contribution in [0.4, 0.5) is 0 Å². The Kier molecular flexibility index (Phi) is 8.36. The molecule has 1 saturated carbocycles. The van der Waals surface area contributed by atoms with Crippen LogP contribution >= 0.6 is 0 Å². The van der Waals surface area contributed by atoms with Gasteiger partial charge in [-0.3, -0.25) is 4.79 Å². The fraction of sp³-hybridized carbons (Fsp3) is 0.773. The summed E-state index contributed by atoms with van der Waals surface area (Å²) in [4.78, 5) is 10.7. The zero-order chi connectivity index (χ0) is 19.1. The first kappa shape index (κ1) is 21.2. The largest absolute Gasteiger partial charge is 0.481 e. The lowest BCUT2D eigenvalue weighted by atomic mass is 9.91. The number of carbonyl (C=O) groups is 1. The predicted molar refractivity (Wildman–Crippen MR) is 104 cm³/mol. The van der Waals surface area contributed by atoms with Crippen LogP contribution in [0, 0.1) is 23.7 Å². The van der Waals surface area contributed by atoms with Gasteiger partial charge in [-0.05, 0) is 49.9 Å². The molecule has 2 aliphatic carbocycles. The second-order valence-electron chi connectivity index (χ2n) is 8.30. The highest BCUT2D eigenvalue weighted by Gasteiger charge is 2.43. The highest BCUT2D eigenvalue weighted by atomic mass is 16.4. The smallest absolute Gasteiger partial charge is 0.303 e. The number of aliphatic carboxylic acids is 1. The lowest BCUT2D eigenvalue weighted by Crippen LogP contribution is -2.17. The van der Waals surface area contributed by atoms with E-state index in [0.717, 1.165) is 51.4 Å². The lowest BCUT2D eigenvalue weighted by molar-refractivity contribution is -0.137. The average Bonchev–Trinajstić information content (AvgIpc) is 3.10. The summed E-state index contributed by atoms with van der Waals surface area (Å²) in [6.07, 6.45) is 13.4. The number of allylic oxidation sites excluding steroid dienone is 2. The third kappa shape index (κ3) is 5.95. The van der Waals surface area contributed by atoms with E-state index >= 15 is 0 Å². The van der Waals surface area contributed by atoms with Gasteiger partial charge in [-0.1, -0.05) is 56.9 Å². The first-order valence-electron chi connectivity index (χ1n) is 10.4. The van der Waals surface area contributed by atoms with Gasteiger partial charge in [-0.15, -0.1) is 0 Å². The van der Waals surface area contributed by atoms with Crippen molar-refractivity contribution in [3.8, 4) is 0 Å². The summed E-state index contributed by atoms with van der Waals surface area (Å²) in [5, 5.41) is 29.3. The monoisotopic (exact) mass is 364 g/mol. The Labute approximate surface area is 158 Å². The van der Waals surface area contributed by atoms with E-state index in [1.54, 1.807) is 0 Å². The van der Waals surface area contributed by atoms with Crippen LogP contribution in [0.25, 0.3) is 0 Å². The summed E-state index contributed by atoms with van der Waals surface area (Å²) in [7, 11) is 0. The van der Waals surface area contributed by atoms with Gasteiger partial charge in [0.25, 0.3) is 0 Å². The average molecular weight is 365 g/mol. The highest BCUT2D eigenvalue weighted by Crippen LogP contribution is 2.49. The zero-order valence-corrected chi connectivity index (χ0v) is 16.3. The molecular weight excluding hydrogens is 328 g/mol. The normalized spacial score (nSPS) is 30.4. The summed E-state index contributed by atoms with van der Waals surface area (Å²) < 4.78 is 0.